The van der Waals surface area contributed by atoms with E-state index in [9.17, 15) is 0 Å². The van der Waals surface area contributed by atoms with Gasteiger partial charge in [0.05, 0.1) is 0 Å². The first kappa shape index (κ1) is 12.8. The molecule has 6 heteroatoms. The molecule has 0 bridgehead atoms. The summed E-state index contributed by atoms with van der Waals surface area (Å²) in [7, 11) is 1.86. The molecule has 19 heavy (non-hydrogen) atoms. The molecule has 1 aromatic carbocycles. The molecule has 0 saturated carbocycles. The Balaban J connectivity index is 2.33. The monoisotopic (exact) mass is 257 g/mol. The second-order valence-corrected chi connectivity index (χ2v) is 4.12. The number of hydrogen-bond acceptors (Lipinski definition) is 5. The third-order valence-corrected chi connectivity index (χ3v) is 2.73. The highest BCUT2D eigenvalue weighted by atomic mass is 16.4. The number of oxime groups is 1. The van der Waals surface area contributed by atoms with E-state index in [0.717, 1.165) is 5.69 Å². The summed E-state index contributed by atoms with van der Waals surface area (Å²) < 4.78 is 0. The SMILES string of the molecule is Cc1ccc(N(C)c2nccc(/C(N)=N/O)n2)cc1. The lowest BCUT2D eigenvalue weighted by molar-refractivity contribution is 0.318. The van der Waals surface area contributed by atoms with E-state index < -0.39 is 0 Å². The van der Waals surface area contributed by atoms with E-state index >= 15 is 0 Å². The molecule has 0 fully saturated rings. The number of hydrogen-bond donors (Lipinski definition) is 2. The van der Waals surface area contributed by atoms with Crippen molar-refractivity contribution in [2.45, 2.75) is 6.92 Å². The van der Waals surface area contributed by atoms with Crippen molar-refractivity contribution in [3.63, 3.8) is 0 Å². The fraction of sp³-hybridized carbons (Fsp3) is 0.154. The average molecular weight is 257 g/mol. The van der Waals surface area contributed by atoms with Crippen molar-refractivity contribution in [1.82, 2.24) is 9.97 Å². The highest BCUT2D eigenvalue weighted by molar-refractivity contribution is 5.95. The fourth-order valence-electron chi connectivity index (χ4n) is 1.59. The third kappa shape index (κ3) is 2.79. The summed E-state index contributed by atoms with van der Waals surface area (Å²) in [5.41, 5.74) is 8.04. The topological polar surface area (TPSA) is 87.6 Å². The molecule has 0 amide bonds. The van der Waals surface area contributed by atoms with Crippen LogP contribution in [0.2, 0.25) is 0 Å². The molecular formula is C13H15N5O. The van der Waals surface area contributed by atoms with Gasteiger partial charge in [-0.05, 0) is 25.1 Å². The maximum atomic E-state index is 8.65. The number of nitrogens with two attached hydrogens (primary N) is 1. The van der Waals surface area contributed by atoms with E-state index in [2.05, 4.69) is 15.1 Å². The van der Waals surface area contributed by atoms with Crippen molar-refractivity contribution in [2.75, 3.05) is 11.9 Å². The first-order valence-electron chi connectivity index (χ1n) is 5.73. The Bertz CT molecular complexity index is 594. The Kier molecular flexibility index (Phi) is 3.61. The predicted octanol–water partition coefficient (Wildman–Crippen LogP) is 1.65. The molecule has 0 saturated heterocycles. The van der Waals surface area contributed by atoms with Gasteiger partial charge in [0.1, 0.15) is 5.69 Å². The summed E-state index contributed by atoms with van der Waals surface area (Å²) in [5, 5.41) is 11.6. The van der Waals surface area contributed by atoms with Crippen molar-refractivity contribution in [3.05, 3.63) is 47.8 Å². The largest absolute Gasteiger partial charge is 0.409 e. The number of aromatic nitrogens is 2. The molecule has 0 unspecified atom stereocenters. The van der Waals surface area contributed by atoms with Gasteiger partial charge in [0, 0.05) is 18.9 Å². The van der Waals surface area contributed by atoms with Gasteiger partial charge in [-0.2, -0.15) is 0 Å². The summed E-state index contributed by atoms with van der Waals surface area (Å²) in [6.45, 7) is 2.03. The Morgan fingerprint density at radius 1 is 1.26 bits per heavy atom. The van der Waals surface area contributed by atoms with Crippen molar-refractivity contribution >= 4 is 17.5 Å². The minimum Gasteiger partial charge on any atom is -0.409 e. The quantitative estimate of drug-likeness (QED) is 0.378. The number of benzene rings is 1. The van der Waals surface area contributed by atoms with Crippen LogP contribution in [0.3, 0.4) is 0 Å². The Labute approximate surface area is 111 Å². The zero-order valence-electron chi connectivity index (χ0n) is 10.8. The van der Waals surface area contributed by atoms with E-state index in [4.69, 9.17) is 10.9 Å². The van der Waals surface area contributed by atoms with Crippen LogP contribution >= 0.6 is 0 Å². The van der Waals surface area contributed by atoms with Crippen molar-refractivity contribution in [1.29, 1.82) is 0 Å². The third-order valence-electron chi connectivity index (χ3n) is 2.73. The lowest BCUT2D eigenvalue weighted by Gasteiger charge is -2.17. The Hall–Kier alpha value is -2.63. The van der Waals surface area contributed by atoms with Crippen LogP contribution in [0.5, 0.6) is 0 Å². The molecular weight excluding hydrogens is 242 g/mol. The van der Waals surface area contributed by atoms with Gasteiger partial charge in [0.25, 0.3) is 0 Å². The summed E-state index contributed by atoms with van der Waals surface area (Å²) in [6, 6.07) is 9.57. The molecule has 0 aliphatic rings. The predicted molar refractivity (Wildman–Crippen MR) is 73.8 cm³/mol. The van der Waals surface area contributed by atoms with E-state index in [1.54, 1.807) is 12.3 Å². The van der Waals surface area contributed by atoms with E-state index in [0.29, 0.717) is 11.6 Å². The zero-order chi connectivity index (χ0) is 13.8. The van der Waals surface area contributed by atoms with Crippen LogP contribution in [0.15, 0.2) is 41.7 Å². The standard InChI is InChI=1S/C13H15N5O/c1-9-3-5-10(6-4-9)18(2)13-15-8-7-11(16-13)12(14)17-19/h3-8,19H,1-2H3,(H2,14,17). The lowest BCUT2D eigenvalue weighted by Crippen LogP contribution is -2.19. The second-order valence-electron chi connectivity index (χ2n) is 4.12. The van der Waals surface area contributed by atoms with Crippen LogP contribution in [0.1, 0.15) is 11.3 Å². The first-order valence-corrected chi connectivity index (χ1v) is 5.73. The number of amidine groups is 1. The van der Waals surface area contributed by atoms with Crippen LogP contribution < -0.4 is 10.6 Å². The number of nitrogens with zero attached hydrogens (tertiary/aromatic N) is 4. The van der Waals surface area contributed by atoms with Crippen LogP contribution in [-0.4, -0.2) is 28.1 Å². The van der Waals surface area contributed by atoms with Crippen molar-refractivity contribution in [3.8, 4) is 0 Å². The highest BCUT2D eigenvalue weighted by Crippen LogP contribution is 2.20. The zero-order valence-corrected chi connectivity index (χ0v) is 10.8. The van der Waals surface area contributed by atoms with Gasteiger partial charge in [-0.25, -0.2) is 9.97 Å². The summed E-state index contributed by atoms with van der Waals surface area (Å²) in [4.78, 5) is 10.2. The number of anilines is 2. The van der Waals surface area contributed by atoms with E-state index in [1.807, 2.05) is 43.1 Å². The number of aryl methyl sites for hydroxylation is 1. The van der Waals surface area contributed by atoms with Crippen LogP contribution in [0.25, 0.3) is 0 Å². The van der Waals surface area contributed by atoms with Crippen LogP contribution in [0, 0.1) is 6.92 Å². The molecule has 3 N–H and O–H groups in total. The molecule has 0 spiro atoms. The van der Waals surface area contributed by atoms with Gasteiger partial charge in [-0.3, -0.25) is 0 Å². The minimum atomic E-state index is -0.0408. The molecule has 0 radical (unpaired) electrons. The molecule has 0 aliphatic heterocycles. The van der Waals surface area contributed by atoms with Crippen molar-refractivity contribution in [2.24, 2.45) is 10.9 Å². The summed E-state index contributed by atoms with van der Waals surface area (Å²) in [6.07, 6.45) is 1.57. The molecule has 2 aromatic rings. The second kappa shape index (κ2) is 5.34. The van der Waals surface area contributed by atoms with Crippen LogP contribution in [0.4, 0.5) is 11.6 Å². The first-order chi connectivity index (χ1) is 9.11. The molecule has 2 rings (SSSR count). The molecule has 1 heterocycles. The molecule has 0 aliphatic carbocycles. The maximum absolute atomic E-state index is 8.65. The Morgan fingerprint density at radius 2 is 1.95 bits per heavy atom. The molecule has 0 atom stereocenters. The van der Waals surface area contributed by atoms with E-state index in [-0.39, 0.29) is 5.84 Å². The molecule has 6 nitrogen and oxygen atoms in total. The van der Waals surface area contributed by atoms with Crippen LogP contribution in [-0.2, 0) is 0 Å². The number of rotatable bonds is 3. The lowest BCUT2D eigenvalue weighted by atomic mass is 10.2. The van der Waals surface area contributed by atoms with Gasteiger partial charge < -0.3 is 15.8 Å². The summed E-state index contributed by atoms with van der Waals surface area (Å²) in [5.74, 6) is 0.439. The molecule has 1 aromatic heterocycles. The summed E-state index contributed by atoms with van der Waals surface area (Å²) >= 11 is 0. The van der Waals surface area contributed by atoms with Gasteiger partial charge in [0.2, 0.25) is 5.95 Å². The van der Waals surface area contributed by atoms with Gasteiger partial charge in [-0.15, -0.1) is 0 Å². The van der Waals surface area contributed by atoms with E-state index in [1.165, 1.54) is 5.56 Å². The maximum Gasteiger partial charge on any atom is 0.230 e. The average Bonchev–Trinajstić information content (AvgIpc) is 2.46. The highest BCUT2D eigenvalue weighted by Gasteiger charge is 2.09. The fourth-order valence-corrected chi connectivity index (χ4v) is 1.59. The normalized spacial score (nSPS) is 11.4. The minimum absolute atomic E-state index is 0.0408. The smallest absolute Gasteiger partial charge is 0.230 e. The molecule has 98 valence electrons. The van der Waals surface area contributed by atoms with Gasteiger partial charge in [-0.1, -0.05) is 22.9 Å². The van der Waals surface area contributed by atoms with Crippen molar-refractivity contribution < 1.29 is 5.21 Å². The van der Waals surface area contributed by atoms with Gasteiger partial charge in [0.15, 0.2) is 5.84 Å². The Morgan fingerprint density at radius 3 is 2.58 bits per heavy atom. The van der Waals surface area contributed by atoms with Gasteiger partial charge >= 0.3 is 0 Å².